The van der Waals surface area contributed by atoms with Crippen molar-refractivity contribution in [1.82, 2.24) is 0 Å². The summed E-state index contributed by atoms with van der Waals surface area (Å²) in [5.74, 6) is 0.671. The van der Waals surface area contributed by atoms with Crippen molar-refractivity contribution in [2.24, 2.45) is 0 Å². The molecule has 13 heavy (non-hydrogen) atoms. The van der Waals surface area contributed by atoms with E-state index in [4.69, 9.17) is 21.4 Å². The summed E-state index contributed by atoms with van der Waals surface area (Å²) < 4.78 is 5.10. The molecule has 1 rings (SSSR count). The first-order valence-electron chi connectivity index (χ1n) is 4.13. The van der Waals surface area contributed by atoms with E-state index in [-0.39, 0.29) is 6.61 Å². The Morgan fingerprint density at radius 3 is 2.69 bits per heavy atom. The van der Waals surface area contributed by atoms with Crippen molar-refractivity contribution in [2.45, 2.75) is 13.3 Å². The zero-order chi connectivity index (χ0) is 9.84. The zero-order valence-electron chi connectivity index (χ0n) is 7.80. The Morgan fingerprint density at radius 2 is 2.15 bits per heavy atom. The highest BCUT2D eigenvalue weighted by Gasteiger charge is 2.07. The summed E-state index contributed by atoms with van der Waals surface area (Å²) in [5.41, 5.74) is 2.02. The second kappa shape index (κ2) is 4.49. The molecule has 0 aliphatic carbocycles. The molecule has 1 N–H and O–H groups in total. The molecule has 0 bridgehead atoms. The van der Waals surface area contributed by atoms with Gasteiger partial charge in [0, 0.05) is 6.61 Å². The fraction of sp³-hybridized carbons (Fsp3) is 0.400. The fourth-order valence-corrected chi connectivity index (χ4v) is 1.54. The Kier molecular flexibility index (Phi) is 3.58. The van der Waals surface area contributed by atoms with E-state index in [9.17, 15) is 0 Å². The number of ether oxygens (including phenoxy) is 1. The van der Waals surface area contributed by atoms with Crippen molar-refractivity contribution >= 4 is 11.6 Å². The van der Waals surface area contributed by atoms with Crippen LogP contribution in [0.1, 0.15) is 11.1 Å². The van der Waals surface area contributed by atoms with Crippen LogP contribution < -0.4 is 4.74 Å². The maximum absolute atomic E-state index is 8.80. The highest BCUT2D eigenvalue weighted by Crippen LogP contribution is 2.29. The number of aliphatic hydroxyl groups excluding tert-OH is 1. The van der Waals surface area contributed by atoms with Crippen LogP contribution in [-0.2, 0) is 6.42 Å². The summed E-state index contributed by atoms with van der Waals surface area (Å²) in [6, 6.07) is 3.84. The van der Waals surface area contributed by atoms with Crippen LogP contribution in [0.2, 0.25) is 5.02 Å². The lowest BCUT2D eigenvalue weighted by Gasteiger charge is -2.09. The van der Waals surface area contributed by atoms with E-state index in [0.29, 0.717) is 17.2 Å². The third-order valence-electron chi connectivity index (χ3n) is 1.86. The van der Waals surface area contributed by atoms with Gasteiger partial charge < -0.3 is 9.84 Å². The van der Waals surface area contributed by atoms with Gasteiger partial charge in [-0.1, -0.05) is 17.7 Å². The van der Waals surface area contributed by atoms with Crippen LogP contribution in [0, 0.1) is 6.92 Å². The van der Waals surface area contributed by atoms with E-state index in [0.717, 1.165) is 11.1 Å². The Morgan fingerprint density at radius 1 is 1.46 bits per heavy atom. The number of methoxy groups -OCH3 is 1. The number of aryl methyl sites for hydroxylation is 1. The molecule has 0 aliphatic heterocycles. The molecule has 0 unspecified atom stereocenters. The minimum absolute atomic E-state index is 0.103. The summed E-state index contributed by atoms with van der Waals surface area (Å²) >= 11 is 6.02. The minimum Gasteiger partial charge on any atom is -0.495 e. The van der Waals surface area contributed by atoms with E-state index in [1.54, 1.807) is 7.11 Å². The molecule has 0 aromatic heterocycles. The molecule has 1 aromatic rings. The quantitative estimate of drug-likeness (QED) is 0.811. The highest BCUT2D eigenvalue weighted by atomic mass is 35.5. The average molecular weight is 201 g/mol. The summed E-state index contributed by atoms with van der Waals surface area (Å²) in [5, 5.41) is 9.40. The monoisotopic (exact) mass is 200 g/mol. The lowest BCUT2D eigenvalue weighted by Crippen LogP contribution is -1.95. The summed E-state index contributed by atoms with van der Waals surface area (Å²) in [6.07, 6.45) is 0.566. The first kappa shape index (κ1) is 10.4. The predicted molar refractivity (Wildman–Crippen MR) is 53.5 cm³/mol. The van der Waals surface area contributed by atoms with E-state index in [1.165, 1.54) is 0 Å². The molecule has 0 amide bonds. The normalized spacial score (nSPS) is 10.2. The molecule has 72 valence electrons. The Bertz CT molecular complexity index is 297. The summed E-state index contributed by atoms with van der Waals surface area (Å²) in [7, 11) is 1.59. The van der Waals surface area contributed by atoms with Gasteiger partial charge in [0.05, 0.1) is 12.1 Å². The van der Waals surface area contributed by atoms with Crippen molar-refractivity contribution in [3.8, 4) is 5.75 Å². The van der Waals surface area contributed by atoms with Crippen molar-refractivity contribution in [2.75, 3.05) is 13.7 Å². The Balaban J connectivity index is 3.11. The van der Waals surface area contributed by atoms with Crippen molar-refractivity contribution in [3.63, 3.8) is 0 Å². The molecule has 3 heteroatoms. The first-order valence-corrected chi connectivity index (χ1v) is 4.50. The molecule has 0 fully saturated rings. The lowest BCUT2D eigenvalue weighted by molar-refractivity contribution is 0.299. The molecular weight excluding hydrogens is 188 g/mol. The van der Waals surface area contributed by atoms with Gasteiger partial charge in [-0.3, -0.25) is 0 Å². The highest BCUT2D eigenvalue weighted by molar-refractivity contribution is 6.32. The zero-order valence-corrected chi connectivity index (χ0v) is 8.56. The number of hydrogen-bond acceptors (Lipinski definition) is 2. The molecule has 0 saturated carbocycles. The van der Waals surface area contributed by atoms with Crippen LogP contribution in [0.3, 0.4) is 0 Å². The lowest BCUT2D eigenvalue weighted by atomic mass is 10.1. The number of aliphatic hydroxyl groups is 1. The second-order valence-electron chi connectivity index (χ2n) is 2.91. The number of rotatable bonds is 3. The van der Waals surface area contributed by atoms with Gasteiger partial charge in [0.15, 0.2) is 0 Å². The van der Waals surface area contributed by atoms with Crippen LogP contribution in [0.5, 0.6) is 5.75 Å². The van der Waals surface area contributed by atoms with Gasteiger partial charge in [-0.15, -0.1) is 0 Å². The van der Waals surface area contributed by atoms with Gasteiger partial charge >= 0.3 is 0 Å². The van der Waals surface area contributed by atoms with Crippen LogP contribution in [0.15, 0.2) is 12.1 Å². The van der Waals surface area contributed by atoms with E-state index < -0.39 is 0 Å². The molecule has 2 nitrogen and oxygen atoms in total. The maximum Gasteiger partial charge on any atom is 0.137 e. The fourth-order valence-electron chi connectivity index (χ4n) is 1.26. The molecule has 1 aromatic carbocycles. The van der Waals surface area contributed by atoms with Gasteiger partial charge in [0.1, 0.15) is 5.75 Å². The van der Waals surface area contributed by atoms with E-state index >= 15 is 0 Å². The molecule has 0 radical (unpaired) electrons. The van der Waals surface area contributed by atoms with E-state index in [1.807, 2.05) is 19.1 Å². The van der Waals surface area contributed by atoms with Crippen LogP contribution in [0.4, 0.5) is 0 Å². The SMILES string of the molecule is COc1cc(C)cc(CCO)c1Cl. The van der Waals surface area contributed by atoms with Crippen molar-refractivity contribution in [3.05, 3.63) is 28.3 Å². The first-order chi connectivity index (χ1) is 6.19. The van der Waals surface area contributed by atoms with Crippen LogP contribution >= 0.6 is 11.6 Å². The minimum atomic E-state index is 0.103. The van der Waals surface area contributed by atoms with Crippen LogP contribution in [-0.4, -0.2) is 18.8 Å². The largest absolute Gasteiger partial charge is 0.495 e. The third-order valence-corrected chi connectivity index (χ3v) is 2.29. The molecule has 0 spiro atoms. The van der Waals surface area contributed by atoms with Gasteiger partial charge in [0.25, 0.3) is 0 Å². The average Bonchev–Trinajstić information content (AvgIpc) is 2.11. The van der Waals surface area contributed by atoms with Gasteiger partial charge in [-0.25, -0.2) is 0 Å². The van der Waals surface area contributed by atoms with Crippen molar-refractivity contribution in [1.29, 1.82) is 0 Å². The number of halogens is 1. The van der Waals surface area contributed by atoms with Gasteiger partial charge in [0.2, 0.25) is 0 Å². The standard InChI is InChI=1S/C10H13ClO2/c1-7-5-8(3-4-12)10(11)9(6-7)13-2/h5-6,12H,3-4H2,1-2H3. The molecule has 0 aliphatic rings. The predicted octanol–water partition coefficient (Wildman–Crippen LogP) is 2.19. The smallest absolute Gasteiger partial charge is 0.137 e. The van der Waals surface area contributed by atoms with E-state index in [2.05, 4.69) is 0 Å². The second-order valence-corrected chi connectivity index (χ2v) is 3.29. The Hall–Kier alpha value is -0.730. The molecule has 0 heterocycles. The van der Waals surface area contributed by atoms with Gasteiger partial charge in [-0.05, 0) is 30.5 Å². The summed E-state index contributed by atoms with van der Waals surface area (Å²) in [4.78, 5) is 0. The maximum atomic E-state index is 8.80. The third kappa shape index (κ3) is 2.36. The molecule has 0 saturated heterocycles. The summed E-state index contributed by atoms with van der Waals surface area (Å²) in [6.45, 7) is 2.08. The molecular formula is C10H13ClO2. The van der Waals surface area contributed by atoms with Crippen molar-refractivity contribution < 1.29 is 9.84 Å². The number of hydrogen-bond donors (Lipinski definition) is 1. The topological polar surface area (TPSA) is 29.5 Å². The number of benzene rings is 1. The van der Waals surface area contributed by atoms with Gasteiger partial charge in [-0.2, -0.15) is 0 Å². The Labute approximate surface area is 83.1 Å². The van der Waals surface area contributed by atoms with Crippen LogP contribution in [0.25, 0.3) is 0 Å². The molecule has 0 atom stereocenters.